The van der Waals surface area contributed by atoms with E-state index in [0.29, 0.717) is 0 Å². The summed E-state index contributed by atoms with van der Waals surface area (Å²) in [6.07, 6.45) is 0.280. The molecule has 0 radical (unpaired) electrons. The molecule has 146 valence electrons. The summed E-state index contributed by atoms with van der Waals surface area (Å²) >= 11 is 0. The molecular formula is C13H24O10P2. The summed E-state index contributed by atoms with van der Waals surface area (Å²) in [6, 6.07) is 0. The van der Waals surface area contributed by atoms with Gasteiger partial charge in [-0.05, 0) is 27.7 Å². The Balaban J connectivity index is 6.65. The van der Waals surface area contributed by atoms with E-state index in [2.05, 4.69) is 0 Å². The maximum atomic E-state index is 13.2. The molecule has 0 aromatic carbocycles. The summed E-state index contributed by atoms with van der Waals surface area (Å²) in [7, 11) is -8.80. The number of aliphatic carboxylic acids is 2. The van der Waals surface area contributed by atoms with Gasteiger partial charge in [0.15, 0.2) is 5.40 Å². The Kier molecular flexibility index (Phi) is 10.4. The van der Waals surface area contributed by atoms with E-state index in [9.17, 15) is 23.8 Å². The fraction of sp³-hybridized carbons (Fsp3) is 0.692. The molecule has 0 saturated carbocycles. The molecule has 25 heavy (non-hydrogen) atoms. The minimum Gasteiger partial charge on any atom is -0.478 e. The summed E-state index contributed by atoms with van der Waals surface area (Å²) in [5.41, 5.74) is -0.956. The maximum Gasteiger partial charge on any atom is 0.350 e. The maximum absolute atomic E-state index is 13.2. The lowest BCUT2D eigenvalue weighted by atomic mass is 10.3. The zero-order valence-electron chi connectivity index (χ0n) is 14.5. The first kappa shape index (κ1) is 24.0. The van der Waals surface area contributed by atoms with Crippen molar-refractivity contribution in [2.24, 2.45) is 0 Å². The molecule has 10 nitrogen and oxygen atoms in total. The molecule has 2 N–H and O–H groups in total. The first-order chi connectivity index (χ1) is 11.6. The van der Waals surface area contributed by atoms with Crippen LogP contribution in [0.4, 0.5) is 0 Å². The van der Waals surface area contributed by atoms with Crippen LogP contribution in [0.25, 0.3) is 0 Å². The van der Waals surface area contributed by atoms with Crippen LogP contribution >= 0.6 is 15.2 Å². The van der Waals surface area contributed by atoms with E-state index in [0.717, 1.165) is 0 Å². The third kappa shape index (κ3) is 6.66. The van der Waals surface area contributed by atoms with Gasteiger partial charge in [0.2, 0.25) is 0 Å². The predicted molar refractivity (Wildman–Crippen MR) is 88.9 cm³/mol. The quantitative estimate of drug-likeness (QED) is 0.348. The van der Waals surface area contributed by atoms with Crippen LogP contribution in [0.5, 0.6) is 0 Å². The van der Waals surface area contributed by atoms with E-state index in [1.807, 2.05) is 0 Å². The van der Waals surface area contributed by atoms with Gasteiger partial charge in [-0.3, -0.25) is 9.13 Å². The summed E-state index contributed by atoms with van der Waals surface area (Å²) in [6.45, 7) is 5.23. The van der Waals surface area contributed by atoms with E-state index in [1.165, 1.54) is 27.7 Å². The highest BCUT2D eigenvalue weighted by Crippen LogP contribution is 2.72. The molecular weight excluding hydrogens is 378 g/mol. The van der Waals surface area contributed by atoms with Crippen molar-refractivity contribution in [3.63, 3.8) is 0 Å². The van der Waals surface area contributed by atoms with Gasteiger partial charge >= 0.3 is 27.1 Å². The Bertz CT molecular complexity index is 535. The lowest BCUT2D eigenvalue weighted by molar-refractivity contribution is -0.135. The molecule has 0 aliphatic carbocycles. The average molecular weight is 402 g/mol. The smallest absolute Gasteiger partial charge is 0.350 e. The topological polar surface area (TPSA) is 146 Å². The number of carboxylic acids is 2. The predicted octanol–water partition coefficient (Wildman–Crippen LogP) is 2.94. The van der Waals surface area contributed by atoms with E-state index in [-0.39, 0.29) is 32.5 Å². The molecule has 0 amide bonds. The summed E-state index contributed by atoms with van der Waals surface area (Å²) in [5.74, 6) is -3.40. The van der Waals surface area contributed by atoms with Crippen LogP contribution in [0.3, 0.4) is 0 Å². The third-order valence-corrected chi connectivity index (χ3v) is 8.56. The Labute approximate surface area is 146 Å². The van der Waals surface area contributed by atoms with Crippen LogP contribution in [-0.2, 0) is 36.8 Å². The van der Waals surface area contributed by atoms with Crippen molar-refractivity contribution in [2.45, 2.75) is 33.1 Å². The van der Waals surface area contributed by atoms with Crippen LogP contribution in [0.1, 0.15) is 27.7 Å². The van der Waals surface area contributed by atoms with Crippen LogP contribution in [0.2, 0.25) is 0 Å². The second-order valence-corrected chi connectivity index (χ2v) is 9.00. The van der Waals surface area contributed by atoms with Crippen molar-refractivity contribution in [3.8, 4) is 0 Å². The van der Waals surface area contributed by atoms with Gasteiger partial charge in [-0.25, -0.2) is 9.59 Å². The van der Waals surface area contributed by atoms with Crippen molar-refractivity contribution in [1.29, 1.82) is 0 Å². The Morgan fingerprint density at radius 3 is 1.36 bits per heavy atom. The molecule has 0 unspecified atom stereocenters. The molecule has 0 saturated heterocycles. The molecule has 0 rings (SSSR count). The lowest BCUT2D eigenvalue weighted by Gasteiger charge is -2.31. The summed E-state index contributed by atoms with van der Waals surface area (Å²) in [5, 5.41) is 16.3. The molecule has 0 aliphatic rings. The number of carbonyl (C=O) groups is 2. The van der Waals surface area contributed by atoms with Gasteiger partial charge in [0.1, 0.15) is 0 Å². The van der Waals surface area contributed by atoms with Crippen LogP contribution in [0, 0.1) is 0 Å². The Hall–Kier alpha value is -1.02. The fourth-order valence-corrected chi connectivity index (χ4v) is 7.36. The van der Waals surface area contributed by atoms with Crippen LogP contribution in [0.15, 0.2) is 11.6 Å². The van der Waals surface area contributed by atoms with E-state index in [1.54, 1.807) is 0 Å². The number of rotatable bonds is 13. The second-order valence-electron chi connectivity index (χ2n) is 4.37. The molecule has 12 heteroatoms. The van der Waals surface area contributed by atoms with E-state index >= 15 is 0 Å². The van der Waals surface area contributed by atoms with Crippen molar-refractivity contribution in [2.75, 3.05) is 26.4 Å². The van der Waals surface area contributed by atoms with Gasteiger partial charge in [-0.15, -0.1) is 0 Å². The summed E-state index contributed by atoms with van der Waals surface area (Å²) in [4.78, 5) is 22.6. The van der Waals surface area contributed by atoms with Gasteiger partial charge < -0.3 is 28.3 Å². The van der Waals surface area contributed by atoms with E-state index in [4.69, 9.17) is 23.2 Å². The fourth-order valence-electron chi connectivity index (χ4n) is 1.97. The third-order valence-electron chi connectivity index (χ3n) is 2.64. The van der Waals surface area contributed by atoms with Gasteiger partial charge in [-0.2, -0.15) is 0 Å². The monoisotopic (exact) mass is 402 g/mol. The SMILES string of the molecule is CCOP(=O)(OCC)C(C(=CC(=O)O)C(=O)O)P(=O)(OCC)OCC. The normalized spacial score (nSPS) is 13.2. The van der Waals surface area contributed by atoms with Crippen LogP contribution in [-0.4, -0.2) is 54.0 Å². The number of hydrogen-bond acceptors (Lipinski definition) is 8. The molecule has 0 heterocycles. The minimum absolute atomic E-state index is 0.161. The molecule has 0 bridgehead atoms. The van der Waals surface area contributed by atoms with Crippen molar-refractivity contribution >= 4 is 27.1 Å². The largest absolute Gasteiger partial charge is 0.478 e. The van der Waals surface area contributed by atoms with Gasteiger partial charge in [-0.1, -0.05) is 0 Å². The Morgan fingerprint density at radius 2 is 1.16 bits per heavy atom. The second kappa shape index (κ2) is 10.9. The van der Waals surface area contributed by atoms with Crippen molar-refractivity contribution in [1.82, 2.24) is 0 Å². The lowest BCUT2D eigenvalue weighted by Crippen LogP contribution is -2.25. The van der Waals surface area contributed by atoms with Gasteiger partial charge in [0, 0.05) is 6.08 Å². The first-order valence-electron chi connectivity index (χ1n) is 7.57. The number of carboxylic acid groups (broad SMARTS) is 2. The zero-order chi connectivity index (χ0) is 19.7. The first-order valence-corrected chi connectivity index (χ1v) is 10.8. The highest BCUT2D eigenvalue weighted by molar-refractivity contribution is 7.73. The number of hydrogen-bond donors (Lipinski definition) is 2. The molecule has 0 aliphatic heterocycles. The molecule has 0 fully saturated rings. The molecule has 0 atom stereocenters. The van der Waals surface area contributed by atoms with Gasteiger partial charge in [0.05, 0.1) is 32.0 Å². The van der Waals surface area contributed by atoms with E-state index < -0.39 is 38.1 Å². The molecule has 0 aromatic heterocycles. The van der Waals surface area contributed by atoms with Crippen molar-refractivity contribution in [3.05, 3.63) is 11.6 Å². The van der Waals surface area contributed by atoms with Crippen molar-refractivity contribution < 1.29 is 47.0 Å². The molecule has 0 spiro atoms. The standard InChI is InChI=1S/C13H24O10P2/c1-5-20-24(18,21-6-2)13(10(12(16)17)9-11(14)15)25(19,22-7-3)23-8-4/h9,13H,5-8H2,1-4H3,(H,14,15)(H,16,17). The zero-order valence-corrected chi connectivity index (χ0v) is 16.3. The highest BCUT2D eigenvalue weighted by atomic mass is 31.2. The van der Waals surface area contributed by atoms with Gasteiger partial charge in [0.25, 0.3) is 0 Å². The highest BCUT2D eigenvalue weighted by Gasteiger charge is 2.55. The average Bonchev–Trinajstić information content (AvgIpc) is 2.46. The van der Waals surface area contributed by atoms with Crippen LogP contribution < -0.4 is 0 Å². The minimum atomic E-state index is -4.40. The molecule has 0 aromatic rings. The Morgan fingerprint density at radius 1 is 0.840 bits per heavy atom. The summed E-state index contributed by atoms with van der Waals surface area (Å²) < 4.78 is 46.7.